The van der Waals surface area contributed by atoms with Gasteiger partial charge in [0, 0.05) is 12.3 Å². The Morgan fingerprint density at radius 2 is 2.00 bits per heavy atom. The summed E-state index contributed by atoms with van der Waals surface area (Å²) in [5, 5.41) is 3.19. The summed E-state index contributed by atoms with van der Waals surface area (Å²) in [6.45, 7) is 7.85. The number of nitrogens with one attached hydrogen (secondary N) is 1. The molecule has 0 aliphatic rings. The third kappa shape index (κ3) is 10.1. The highest BCUT2D eigenvalue weighted by Crippen LogP contribution is 2.55. The standard InChI is InChI=1S/C11H25N2OPS2/c1-4-7-9-12-11-13-15(16,14-6-3)17-10-8-5-2/h11H,4-10H2,1-3H3,(H,12,13,16). The lowest BCUT2D eigenvalue weighted by Gasteiger charge is -2.20. The Morgan fingerprint density at radius 1 is 1.29 bits per heavy atom. The highest BCUT2D eigenvalue weighted by molar-refractivity contribution is 8.68. The van der Waals surface area contributed by atoms with Crippen molar-refractivity contribution < 1.29 is 4.52 Å². The Bertz CT molecular complexity index is 250. The van der Waals surface area contributed by atoms with Crippen LogP contribution in [0, 0.1) is 0 Å². The van der Waals surface area contributed by atoms with Gasteiger partial charge >= 0.3 is 0 Å². The molecule has 0 bridgehead atoms. The fourth-order valence-electron chi connectivity index (χ4n) is 1.04. The van der Waals surface area contributed by atoms with Gasteiger partial charge in [0.05, 0.1) is 12.9 Å². The lowest BCUT2D eigenvalue weighted by Crippen LogP contribution is -2.08. The van der Waals surface area contributed by atoms with Crippen LogP contribution in [0.2, 0.25) is 0 Å². The van der Waals surface area contributed by atoms with Gasteiger partial charge in [-0.25, -0.2) is 0 Å². The predicted octanol–water partition coefficient (Wildman–Crippen LogP) is 4.20. The average Bonchev–Trinajstić information content (AvgIpc) is 2.29. The second-order valence-electron chi connectivity index (χ2n) is 3.62. The molecule has 0 aromatic heterocycles. The van der Waals surface area contributed by atoms with E-state index in [9.17, 15) is 0 Å². The number of rotatable bonds is 11. The number of hydrogen-bond donors (Lipinski definition) is 1. The Morgan fingerprint density at radius 3 is 2.59 bits per heavy atom. The molecular formula is C11H25N2OPS2. The second-order valence-corrected chi connectivity index (χ2v) is 10.4. The van der Waals surface area contributed by atoms with Gasteiger partial charge in [0.2, 0.25) is 5.62 Å². The van der Waals surface area contributed by atoms with Crippen LogP contribution < -0.4 is 5.09 Å². The van der Waals surface area contributed by atoms with Gasteiger partial charge in [-0.2, -0.15) is 0 Å². The molecule has 1 unspecified atom stereocenters. The summed E-state index contributed by atoms with van der Waals surface area (Å²) in [5.41, 5.74) is -1.95. The van der Waals surface area contributed by atoms with Gasteiger partial charge in [0.25, 0.3) is 0 Å². The first-order valence-electron chi connectivity index (χ1n) is 6.33. The van der Waals surface area contributed by atoms with Crippen LogP contribution in [0.5, 0.6) is 0 Å². The van der Waals surface area contributed by atoms with Gasteiger partial charge in [-0.05, 0) is 31.6 Å². The molecule has 0 amide bonds. The van der Waals surface area contributed by atoms with Crippen molar-refractivity contribution in [3.8, 4) is 0 Å². The first-order valence-corrected chi connectivity index (χ1v) is 10.6. The summed E-state index contributed by atoms with van der Waals surface area (Å²) in [6, 6.07) is 0. The van der Waals surface area contributed by atoms with E-state index in [1.165, 1.54) is 19.3 Å². The zero-order valence-corrected chi connectivity index (χ0v) is 13.7. The molecule has 0 aliphatic heterocycles. The molecule has 0 saturated heterocycles. The van der Waals surface area contributed by atoms with Gasteiger partial charge in [-0.15, -0.1) is 0 Å². The van der Waals surface area contributed by atoms with Crippen LogP contribution >= 0.6 is 17.0 Å². The van der Waals surface area contributed by atoms with Crippen LogP contribution in [0.15, 0.2) is 4.99 Å². The fourth-order valence-corrected chi connectivity index (χ4v) is 5.62. The van der Waals surface area contributed by atoms with Crippen molar-refractivity contribution in [3.63, 3.8) is 0 Å². The van der Waals surface area contributed by atoms with Crippen LogP contribution in [0.4, 0.5) is 0 Å². The lowest BCUT2D eigenvalue weighted by molar-refractivity contribution is 0.383. The maximum Gasteiger partial charge on any atom is 0.211 e. The second kappa shape index (κ2) is 11.5. The summed E-state index contributed by atoms with van der Waals surface area (Å²) in [6.07, 6.45) is 6.41. The van der Waals surface area contributed by atoms with Crippen molar-refractivity contribution in [1.29, 1.82) is 0 Å². The molecule has 0 fully saturated rings. The van der Waals surface area contributed by atoms with Crippen LogP contribution in [0.3, 0.4) is 0 Å². The summed E-state index contributed by atoms with van der Waals surface area (Å²) in [5.74, 6) is 1.06. The van der Waals surface area contributed by atoms with E-state index in [2.05, 4.69) is 23.9 Å². The minimum atomic E-state index is -1.95. The van der Waals surface area contributed by atoms with Gasteiger partial charge in [0.15, 0.2) is 0 Å². The molecule has 1 N–H and O–H groups in total. The third-order valence-corrected chi connectivity index (χ3v) is 7.63. The maximum atomic E-state index is 5.67. The molecule has 0 spiro atoms. The highest BCUT2D eigenvalue weighted by atomic mass is 32.9. The Labute approximate surface area is 115 Å². The van der Waals surface area contributed by atoms with Gasteiger partial charge in [-0.3, -0.25) is 4.99 Å². The van der Waals surface area contributed by atoms with Gasteiger partial charge < -0.3 is 9.61 Å². The third-order valence-electron chi connectivity index (χ3n) is 2.01. The number of hydrogen-bond acceptors (Lipinski definition) is 4. The van der Waals surface area contributed by atoms with E-state index < -0.39 is 5.62 Å². The molecule has 0 aromatic carbocycles. The summed E-state index contributed by atoms with van der Waals surface area (Å²) < 4.78 is 5.67. The minimum Gasteiger partial charge on any atom is -0.327 e. The van der Waals surface area contributed by atoms with Crippen LogP contribution in [0.1, 0.15) is 46.5 Å². The quantitative estimate of drug-likeness (QED) is 0.268. The smallest absolute Gasteiger partial charge is 0.211 e. The van der Waals surface area contributed by atoms with E-state index in [1.54, 1.807) is 17.7 Å². The van der Waals surface area contributed by atoms with Crippen molar-refractivity contribution in [3.05, 3.63) is 0 Å². The maximum absolute atomic E-state index is 5.67. The largest absolute Gasteiger partial charge is 0.327 e. The number of aliphatic imine (C=N–C) groups is 1. The highest BCUT2D eigenvalue weighted by Gasteiger charge is 2.15. The Balaban J connectivity index is 4.01. The van der Waals surface area contributed by atoms with E-state index in [4.69, 9.17) is 16.3 Å². The van der Waals surface area contributed by atoms with Crippen LogP contribution in [0.25, 0.3) is 0 Å². The van der Waals surface area contributed by atoms with E-state index in [0.29, 0.717) is 6.61 Å². The zero-order chi connectivity index (χ0) is 13.0. The van der Waals surface area contributed by atoms with Crippen molar-refractivity contribution >= 4 is 35.1 Å². The molecule has 0 aliphatic carbocycles. The first kappa shape index (κ1) is 17.4. The van der Waals surface area contributed by atoms with E-state index in [0.717, 1.165) is 18.7 Å². The first-order chi connectivity index (χ1) is 8.18. The Hall–Kier alpha value is 0.430. The monoisotopic (exact) mass is 296 g/mol. The molecule has 0 radical (unpaired) electrons. The predicted molar refractivity (Wildman–Crippen MR) is 84.7 cm³/mol. The molecule has 0 heterocycles. The molecule has 1 atom stereocenters. The van der Waals surface area contributed by atoms with Crippen molar-refractivity contribution in [2.45, 2.75) is 46.5 Å². The molecule has 17 heavy (non-hydrogen) atoms. The fraction of sp³-hybridized carbons (Fsp3) is 0.909. The molecule has 102 valence electrons. The summed E-state index contributed by atoms with van der Waals surface area (Å²) >= 11 is 7.28. The SMILES string of the molecule is CCCC/N=C/NP(=S)(OCC)SCCCC. The number of unbranched alkanes of at least 4 members (excludes halogenated alkanes) is 2. The Kier molecular flexibility index (Phi) is 11.8. The van der Waals surface area contributed by atoms with Crippen LogP contribution in [-0.4, -0.2) is 25.2 Å². The summed E-state index contributed by atoms with van der Waals surface area (Å²) in [4.78, 5) is 4.29. The topological polar surface area (TPSA) is 33.6 Å². The average molecular weight is 296 g/mol. The van der Waals surface area contributed by atoms with Crippen molar-refractivity contribution in [2.24, 2.45) is 4.99 Å². The molecule has 3 nitrogen and oxygen atoms in total. The molecule has 0 rings (SSSR count). The van der Waals surface area contributed by atoms with E-state index in [1.807, 2.05) is 6.92 Å². The van der Waals surface area contributed by atoms with Gasteiger partial charge in [0.1, 0.15) is 0 Å². The molecule has 6 heteroatoms. The van der Waals surface area contributed by atoms with Crippen molar-refractivity contribution in [1.82, 2.24) is 5.09 Å². The zero-order valence-electron chi connectivity index (χ0n) is 11.1. The van der Waals surface area contributed by atoms with E-state index in [-0.39, 0.29) is 0 Å². The van der Waals surface area contributed by atoms with Gasteiger partial charge in [-0.1, -0.05) is 38.1 Å². The normalized spacial score (nSPS) is 15.0. The summed E-state index contributed by atoms with van der Waals surface area (Å²) in [7, 11) is 0. The number of nitrogens with zero attached hydrogens (tertiary/aromatic N) is 1. The van der Waals surface area contributed by atoms with E-state index >= 15 is 0 Å². The molecule has 0 aromatic rings. The lowest BCUT2D eigenvalue weighted by atomic mass is 10.3. The van der Waals surface area contributed by atoms with Crippen molar-refractivity contribution in [2.75, 3.05) is 18.9 Å². The molecule has 0 saturated carbocycles. The van der Waals surface area contributed by atoms with Crippen LogP contribution in [-0.2, 0) is 16.3 Å². The minimum absolute atomic E-state index is 0.659. The molecular weight excluding hydrogens is 271 g/mol.